The number of nitrogens with zero attached hydrogens (tertiary/aromatic N) is 3. The highest BCUT2D eigenvalue weighted by molar-refractivity contribution is 5.92. The quantitative estimate of drug-likeness (QED) is 0.681. The van der Waals surface area contributed by atoms with Crippen molar-refractivity contribution < 1.29 is 4.79 Å². The van der Waals surface area contributed by atoms with E-state index in [0.29, 0.717) is 18.8 Å². The highest BCUT2D eigenvalue weighted by atomic mass is 16.1. The number of nitrogens with one attached hydrogen (secondary N) is 3. The molecule has 0 saturated heterocycles. The molecular weight excluding hydrogens is 256 g/mol. The van der Waals surface area contributed by atoms with Crippen LogP contribution in [0.15, 0.2) is 18.3 Å². The first-order chi connectivity index (χ1) is 9.69. The van der Waals surface area contributed by atoms with Crippen molar-refractivity contribution in [3.05, 3.63) is 35.5 Å². The smallest absolute Gasteiger partial charge is 0.269 e. The number of rotatable bonds is 6. The molecule has 0 aromatic carbocycles. The van der Waals surface area contributed by atoms with E-state index >= 15 is 0 Å². The molecule has 0 atom stereocenters. The van der Waals surface area contributed by atoms with E-state index in [9.17, 15) is 4.79 Å². The standard InChI is InChI=1S/C13H18N6O/c1-3-10-8-12(18-9(2)17-10)14-6-7-15-13(20)11-4-5-16-19-11/h4-5,8H,3,6-7H2,1-2H3,(H,15,20)(H,16,19)(H,14,17,18). The molecule has 0 unspecified atom stereocenters. The summed E-state index contributed by atoms with van der Waals surface area (Å²) in [7, 11) is 0. The Morgan fingerprint density at radius 1 is 1.35 bits per heavy atom. The fourth-order valence-electron chi connectivity index (χ4n) is 1.75. The van der Waals surface area contributed by atoms with E-state index in [1.807, 2.05) is 13.0 Å². The third-order valence-corrected chi connectivity index (χ3v) is 2.72. The van der Waals surface area contributed by atoms with Gasteiger partial charge in [-0.3, -0.25) is 9.89 Å². The summed E-state index contributed by atoms with van der Waals surface area (Å²) in [6.45, 7) is 5.02. The summed E-state index contributed by atoms with van der Waals surface area (Å²) in [5.41, 5.74) is 1.46. The van der Waals surface area contributed by atoms with E-state index in [-0.39, 0.29) is 5.91 Å². The maximum Gasteiger partial charge on any atom is 0.269 e. The topological polar surface area (TPSA) is 95.6 Å². The van der Waals surface area contributed by atoms with Crippen LogP contribution in [0.1, 0.15) is 28.9 Å². The van der Waals surface area contributed by atoms with Crippen LogP contribution < -0.4 is 10.6 Å². The minimum absolute atomic E-state index is 0.169. The predicted octanol–water partition coefficient (Wildman–Crippen LogP) is 0.912. The maximum atomic E-state index is 11.6. The van der Waals surface area contributed by atoms with Crippen molar-refractivity contribution in [1.82, 2.24) is 25.5 Å². The Bertz CT molecular complexity index is 566. The number of aromatic amines is 1. The fraction of sp³-hybridized carbons (Fsp3) is 0.385. The lowest BCUT2D eigenvalue weighted by molar-refractivity contribution is 0.0950. The lowest BCUT2D eigenvalue weighted by Gasteiger charge is -2.08. The van der Waals surface area contributed by atoms with Crippen molar-refractivity contribution in [2.24, 2.45) is 0 Å². The summed E-state index contributed by atoms with van der Waals surface area (Å²) in [5.74, 6) is 1.36. The summed E-state index contributed by atoms with van der Waals surface area (Å²) in [5, 5.41) is 12.3. The van der Waals surface area contributed by atoms with Gasteiger partial charge < -0.3 is 10.6 Å². The van der Waals surface area contributed by atoms with Gasteiger partial charge in [0.05, 0.1) is 0 Å². The molecule has 0 bridgehead atoms. The zero-order valence-corrected chi connectivity index (χ0v) is 11.6. The summed E-state index contributed by atoms with van der Waals surface area (Å²) >= 11 is 0. The van der Waals surface area contributed by atoms with Gasteiger partial charge in [-0.2, -0.15) is 5.10 Å². The molecule has 2 rings (SSSR count). The second kappa shape index (κ2) is 6.65. The van der Waals surface area contributed by atoms with Gasteiger partial charge >= 0.3 is 0 Å². The molecule has 3 N–H and O–H groups in total. The number of amides is 1. The summed E-state index contributed by atoms with van der Waals surface area (Å²) in [6.07, 6.45) is 2.41. The number of carbonyl (C=O) groups excluding carboxylic acids is 1. The number of carbonyl (C=O) groups is 1. The molecule has 0 fully saturated rings. The highest BCUT2D eigenvalue weighted by Gasteiger charge is 2.05. The number of anilines is 1. The van der Waals surface area contributed by atoms with Crippen LogP contribution in [0.25, 0.3) is 0 Å². The number of hydrogen-bond donors (Lipinski definition) is 3. The molecule has 2 aromatic heterocycles. The summed E-state index contributed by atoms with van der Waals surface area (Å²) in [6, 6.07) is 3.55. The van der Waals surface area contributed by atoms with Gasteiger partial charge in [-0.15, -0.1) is 0 Å². The number of aryl methyl sites for hydroxylation is 2. The first kappa shape index (κ1) is 14.0. The second-order valence-electron chi connectivity index (χ2n) is 4.30. The summed E-state index contributed by atoms with van der Waals surface area (Å²) in [4.78, 5) is 20.2. The monoisotopic (exact) mass is 274 g/mol. The Morgan fingerprint density at radius 2 is 2.20 bits per heavy atom. The van der Waals surface area contributed by atoms with E-state index in [1.54, 1.807) is 12.3 Å². The van der Waals surface area contributed by atoms with Gasteiger partial charge in [0.25, 0.3) is 5.91 Å². The van der Waals surface area contributed by atoms with Gasteiger partial charge in [-0.25, -0.2) is 9.97 Å². The summed E-state index contributed by atoms with van der Waals surface area (Å²) < 4.78 is 0. The van der Waals surface area contributed by atoms with E-state index in [4.69, 9.17) is 0 Å². The van der Waals surface area contributed by atoms with E-state index in [2.05, 4.69) is 37.7 Å². The molecule has 0 saturated carbocycles. The first-order valence-corrected chi connectivity index (χ1v) is 6.55. The normalized spacial score (nSPS) is 10.3. The van der Waals surface area contributed by atoms with Crippen LogP contribution in [0.2, 0.25) is 0 Å². The molecule has 20 heavy (non-hydrogen) atoms. The molecule has 0 aliphatic rings. The average molecular weight is 274 g/mol. The van der Waals surface area contributed by atoms with Crippen LogP contribution in [0.3, 0.4) is 0 Å². The lowest BCUT2D eigenvalue weighted by Crippen LogP contribution is -2.29. The molecule has 106 valence electrons. The molecule has 0 spiro atoms. The molecular formula is C13H18N6O. The third kappa shape index (κ3) is 3.78. The number of hydrogen-bond acceptors (Lipinski definition) is 5. The minimum atomic E-state index is -0.169. The molecule has 7 nitrogen and oxygen atoms in total. The predicted molar refractivity (Wildman–Crippen MR) is 75.6 cm³/mol. The third-order valence-electron chi connectivity index (χ3n) is 2.72. The van der Waals surface area contributed by atoms with Crippen LogP contribution in [0.5, 0.6) is 0 Å². The van der Waals surface area contributed by atoms with Crippen LogP contribution in [-0.2, 0) is 6.42 Å². The maximum absolute atomic E-state index is 11.6. The second-order valence-corrected chi connectivity index (χ2v) is 4.30. The lowest BCUT2D eigenvalue weighted by atomic mass is 10.3. The number of aromatic nitrogens is 4. The average Bonchev–Trinajstić information content (AvgIpc) is 2.97. The van der Waals surface area contributed by atoms with Crippen molar-refractivity contribution in [3.8, 4) is 0 Å². The molecule has 7 heteroatoms. The molecule has 0 aliphatic carbocycles. The van der Waals surface area contributed by atoms with Crippen LogP contribution in [0, 0.1) is 6.92 Å². The van der Waals surface area contributed by atoms with E-state index in [1.165, 1.54) is 0 Å². The van der Waals surface area contributed by atoms with Crippen molar-refractivity contribution in [1.29, 1.82) is 0 Å². The molecule has 0 aliphatic heterocycles. The first-order valence-electron chi connectivity index (χ1n) is 6.55. The number of H-pyrrole nitrogens is 1. The SMILES string of the molecule is CCc1cc(NCCNC(=O)c2ccn[nH]2)nc(C)n1. The fourth-order valence-corrected chi connectivity index (χ4v) is 1.75. The van der Waals surface area contributed by atoms with Crippen molar-refractivity contribution in [2.45, 2.75) is 20.3 Å². The largest absolute Gasteiger partial charge is 0.368 e. The van der Waals surface area contributed by atoms with Gasteiger partial charge in [0.2, 0.25) is 0 Å². The van der Waals surface area contributed by atoms with Gasteiger partial charge in [0.15, 0.2) is 0 Å². The Kier molecular flexibility index (Phi) is 4.65. The minimum Gasteiger partial charge on any atom is -0.368 e. The molecule has 0 radical (unpaired) electrons. The highest BCUT2D eigenvalue weighted by Crippen LogP contribution is 2.06. The van der Waals surface area contributed by atoms with Crippen molar-refractivity contribution >= 4 is 11.7 Å². The van der Waals surface area contributed by atoms with Crippen LogP contribution in [0.4, 0.5) is 5.82 Å². The van der Waals surface area contributed by atoms with E-state index < -0.39 is 0 Å². The van der Waals surface area contributed by atoms with Crippen molar-refractivity contribution in [2.75, 3.05) is 18.4 Å². The Morgan fingerprint density at radius 3 is 2.90 bits per heavy atom. The Labute approximate surface area is 117 Å². The molecule has 2 heterocycles. The van der Waals surface area contributed by atoms with Gasteiger partial charge in [-0.1, -0.05) is 6.92 Å². The van der Waals surface area contributed by atoms with Crippen LogP contribution in [-0.4, -0.2) is 39.2 Å². The molecule has 2 aromatic rings. The van der Waals surface area contributed by atoms with Gasteiger partial charge in [0, 0.05) is 31.0 Å². The Balaban J connectivity index is 1.78. The van der Waals surface area contributed by atoms with Gasteiger partial charge in [0.1, 0.15) is 17.3 Å². The van der Waals surface area contributed by atoms with E-state index in [0.717, 1.165) is 23.8 Å². The van der Waals surface area contributed by atoms with Crippen LogP contribution >= 0.6 is 0 Å². The zero-order valence-electron chi connectivity index (χ0n) is 11.6. The van der Waals surface area contributed by atoms with Crippen molar-refractivity contribution in [3.63, 3.8) is 0 Å². The molecule has 1 amide bonds. The van der Waals surface area contributed by atoms with Gasteiger partial charge in [-0.05, 0) is 19.4 Å². The Hall–Kier alpha value is -2.44. The zero-order chi connectivity index (χ0) is 14.4.